The molecule has 3 rings (SSSR count). The Balaban J connectivity index is 1.58. The van der Waals surface area contributed by atoms with Gasteiger partial charge in [-0.05, 0) is 58.5 Å². The standard InChI is InChI=1S/C27H31FO2/c1-26(2,3)21-9-11-22(12-10-21)27(4,5)19-29-18-20-7-6-8-25(17-20)30-24-15-13-23(28)14-16-24/h6-17H,18-19H2,1-5H3. The van der Waals surface area contributed by atoms with E-state index < -0.39 is 0 Å². The summed E-state index contributed by atoms with van der Waals surface area (Å²) in [6, 6.07) is 22.6. The van der Waals surface area contributed by atoms with Crippen molar-refractivity contribution in [3.63, 3.8) is 0 Å². The van der Waals surface area contributed by atoms with Crippen LogP contribution in [0.3, 0.4) is 0 Å². The molecule has 0 aliphatic rings. The number of halogens is 1. The van der Waals surface area contributed by atoms with Gasteiger partial charge >= 0.3 is 0 Å². The zero-order valence-corrected chi connectivity index (χ0v) is 18.5. The lowest BCUT2D eigenvalue weighted by molar-refractivity contribution is 0.0824. The van der Waals surface area contributed by atoms with E-state index in [1.165, 1.54) is 23.3 Å². The molecule has 2 nitrogen and oxygen atoms in total. The van der Waals surface area contributed by atoms with E-state index in [2.05, 4.69) is 58.9 Å². The number of hydrogen-bond acceptors (Lipinski definition) is 2. The van der Waals surface area contributed by atoms with Crippen LogP contribution in [0.1, 0.15) is 51.3 Å². The molecule has 0 amide bonds. The maximum atomic E-state index is 13.0. The molecule has 0 fully saturated rings. The molecule has 0 aliphatic carbocycles. The highest BCUT2D eigenvalue weighted by molar-refractivity contribution is 5.34. The van der Waals surface area contributed by atoms with Crippen molar-refractivity contribution in [3.05, 3.63) is 95.3 Å². The molecule has 0 aromatic heterocycles. The Labute approximate surface area is 179 Å². The predicted molar refractivity (Wildman–Crippen MR) is 121 cm³/mol. The first kappa shape index (κ1) is 22.0. The van der Waals surface area contributed by atoms with Gasteiger partial charge in [-0.25, -0.2) is 4.39 Å². The lowest BCUT2D eigenvalue weighted by atomic mass is 9.81. The van der Waals surface area contributed by atoms with Crippen molar-refractivity contribution in [1.82, 2.24) is 0 Å². The Kier molecular flexibility index (Phi) is 6.62. The molecule has 0 saturated carbocycles. The molecule has 0 radical (unpaired) electrons. The van der Waals surface area contributed by atoms with Gasteiger partial charge in [0.25, 0.3) is 0 Å². The van der Waals surface area contributed by atoms with Gasteiger partial charge < -0.3 is 9.47 Å². The third-order valence-electron chi connectivity index (χ3n) is 5.21. The van der Waals surface area contributed by atoms with E-state index in [1.54, 1.807) is 12.1 Å². The minimum Gasteiger partial charge on any atom is -0.457 e. The predicted octanol–water partition coefficient (Wildman–Crippen LogP) is 7.41. The summed E-state index contributed by atoms with van der Waals surface area (Å²) in [5.74, 6) is 1.04. The summed E-state index contributed by atoms with van der Waals surface area (Å²) in [4.78, 5) is 0. The number of benzene rings is 3. The summed E-state index contributed by atoms with van der Waals surface area (Å²) in [7, 11) is 0. The maximum Gasteiger partial charge on any atom is 0.127 e. The van der Waals surface area contributed by atoms with Gasteiger partial charge in [0.1, 0.15) is 17.3 Å². The van der Waals surface area contributed by atoms with Crippen LogP contribution in [-0.2, 0) is 22.2 Å². The largest absolute Gasteiger partial charge is 0.457 e. The molecule has 0 saturated heterocycles. The Hall–Kier alpha value is -2.65. The van der Waals surface area contributed by atoms with Crippen LogP contribution in [0, 0.1) is 5.82 Å². The van der Waals surface area contributed by atoms with Gasteiger partial charge in [0.05, 0.1) is 13.2 Å². The third kappa shape index (κ3) is 5.93. The SMILES string of the molecule is CC(C)(C)c1ccc(C(C)(C)COCc2cccc(Oc3ccc(F)cc3)c2)cc1. The van der Waals surface area contributed by atoms with Crippen LogP contribution in [0.5, 0.6) is 11.5 Å². The minimum atomic E-state index is -0.278. The summed E-state index contributed by atoms with van der Waals surface area (Å²) in [6.07, 6.45) is 0. The van der Waals surface area contributed by atoms with Crippen LogP contribution in [0.4, 0.5) is 4.39 Å². The highest BCUT2D eigenvalue weighted by Crippen LogP contribution is 2.28. The van der Waals surface area contributed by atoms with E-state index in [4.69, 9.17) is 9.47 Å². The van der Waals surface area contributed by atoms with Crippen LogP contribution in [0.2, 0.25) is 0 Å². The summed E-state index contributed by atoms with van der Waals surface area (Å²) in [6.45, 7) is 12.2. The van der Waals surface area contributed by atoms with Crippen molar-refractivity contribution >= 4 is 0 Å². The average Bonchev–Trinajstić information content (AvgIpc) is 2.69. The Bertz CT molecular complexity index is 951. The van der Waals surface area contributed by atoms with Crippen LogP contribution in [0.15, 0.2) is 72.8 Å². The molecule has 0 bridgehead atoms. The first-order valence-corrected chi connectivity index (χ1v) is 10.3. The Morgan fingerprint density at radius 1 is 0.733 bits per heavy atom. The first-order valence-electron chi connectivity index (χ1n) is 10.3. The molecule has 0 spiro atoms. The fourth-order valence-electron chi connectivity index (χ4n) is 3.27. The number of ether oxygens (including phenoxy) is 2. The van der Waals surface area contributed by atoms with Gasteiger partial charge in [-0.15, -0.1) is 0 Å². The number of hydrogen-bond donors (Lipinski definition) is 0. The fourth-order valence-corrected chi connectivity index (χ4v) is 3.27. The molecule has 0 heterocycles. The lowest BCUT2D eigenvalue weighted by Crippen LogP contribution is -2.24. The van der Waals surface area contributed by atoms with Gasteiger partial charge in [0, 0.05) is 5.41 Å². The third-order valence-corrected chi connectivity index (χ3v) is 5.21. The van der Waals surface area contributed by atoms with Crippen LogP contribution in [0.25, 0.3) is 0 Å². The van der Waals surface area contributed by atoms with Crippen molar-refractivity contribution in [1.29, 1.82) is 0 Å². The monoisotopic (exact) mass is 406 g/mol. The summed E-state index contributed by atoms with van der Waals surface area (Å²) < 4.78 is 24.9. The van der Waals surface area contributed by atoms with Crippen LogP contribution < -0.4 is 4.74 Å². The van der Waals surface area contributed by atoms with Crippen molar-refractivity contribution in [2.75, 3.05) is 6.61 Å². The van der Waals surface area contributed by atoms with Gasteiger partial charge in [0.2, 0.25) is 0 Å². The van der Waals surface area contributed by atoms with Crippen molar-refractivity contribution in [2.45, 2.75) is 52.1 Å². The van der Waals surface area contributed by atoms with E-state index >= 15 is 0 Å². The quantitative estimate of drug-likeness (QED) is 0.407. The molecular weight excluding hydrogens is 375 g/mol. The molecule has 0 atom stereocenters. The zero-order chi connectivity index (χ0) is 21.8. The molecule has 158 valence electrons. The van der Waals surface area contributed by atoms with E-state index in [1.807, 2.05) is 24.3 Å². The van der Waals surface area contributed by atoms with Gasteiger partial charge in [-0.3, -0.25) is 0 Å². The molecule has 30 heavy (non-hydrogen) atoms. The van der Waals surface area contributed by atoms with Gasteiger partial charge in [-0.2, -0.15) is 0 Å². The molecule has 0 N–H and O–H groups in total. The van der Waals surface area contributed by atoms with Crippen molar-refractivity contribution in [2.24, 2.45) is 0 Å². The topological polar surface area (TPSA) is 18.5 Å². The van der Waals surface area contributed by atoms with E-state index in [0.29, 0.717) is 24.7 Å². The molecule has 3 aromatic carbocycles. The van der Waals surface area contributed by atoms with Crippen molar-refractivity contribution < 1.29 is 13.9 Å². The zero-order valence-electron chi connectivity index (χ0n) is 18.5. The second-order valence-corrected chi connectivity index (χ2v) is 9.41. The first-order chi connectivity index (χ1) is 14.1. The Morgan fingerprint density at radius 3 is 2.00 bits per heavy atom. The minimum absolute atomic E-state index is 0.0847. The van der Waals surface area contributed by atoms with Gasteiger partial charge in [-0.1, -0.05) is 71.0 Å². The van der Waals surface area contributed by atoms with E-state index in [0.717, 1.165) is 5.56 Å². The van der Waals surface area contributed by atoms with E-state index in [-0.39, 0.29) is 16.6 Å². The maximum absolute atomic E-state index is 13.0. The smallest absolute Gasteiger partial charge is 0.127 e. The second kappa shape index (κ2) is 9.01. The van der Waals surface area contributed by atoms with Gasteiger partial charge in [0.15, 0.2) is 0 Å². The molecule has 3 aromatic rings. The highest BCUT2D eigenvalue weighted by atomic mass is 19.1. The molecule has 0 unspecified atom stereocenters. The molecule has 0 aliphatic heterocycles. The summed E-state index contributed by atoms with van der Waals surface area (Å²) in [5.41, 5.74) is 3.71. The van der Waals surface area contributed by atoms with E-state index in [9.17, 15) is 4.39 Å². The lowest BCUT2D eigenvalue weighted by Gasteiger charge is -2.27. The number of rotatable bonds is 7. The summed E-state index contributed by atoms with van der Waals surface area (Å²) >= 11 is 0. The Morgan fingerprint density at radius 2 is 1.37 bits per heavy atom. The second-order valence-electron chi connectivity index (χ2n) is 9.41. The van der Waals surface area contributed by atoms with Crippen LogP contribution >= 0.6 is 0 Å². The average molecular weight is 407 g/mol. The summed E-state index contributed by atoms with van der Waals surface area (Å²) in [5, 5.41) is 0. The fraction of sp³-hybridized carbons (Fsp3) is 0.333. The highest BCUT2D eigenvalue weighted by Gasteiger charge is 2.22. The normalized spacial score (nSPS) is 12.1. The van der Waals surface area contributed by atoms with Crippen LogP contribution in [-0.4, -0.2) is 6.61 Å². The van der Waals surface area contributed by atoms with Crippen molar-refractivity contribution in [3.8, 4) is 11.5 Å². The molecular formula is C27H31FO2. The molecule has 3 heteroatoms.